The van der Waals surface area contributed by atoms with Crippen LogP contribution in [0.25, 0.3) is 11.0 Å². The highest BCUT2D eigenvalue weighted by atomic mass is 35.7. The largest absolute Gasteiger partial charge is 0.453 e. The maximum Gasteiger partial charge on any atom is 0.261 e. The van der Waals surface area contributed by atoms with Gasteiger partial charge in [-0.1, -0.05) is 0 Å². The van der Waals surface area contributed by atoms with Crippen LogP contribution in [0.4, 0.5) is 0 Å². The summed E-state index contributed by atoms with van der Waals surface area (Å²) in [6, 6.07) is 3.25. The van der Waals surface area contributed by atoms with Gasteiger partial charge in [-0.25, -0.2) is 8.42 Å². The molecule has 1 aromatic carbocycles. The van der Waals surface area contributed by atoms with Crippen molar-refractivity contribution in [1.82, 2.24) is 0 Å². The van der Waals surface area contributed by atoms with E-state index in [1.54, 1.807) is 26.0 Å². The second-order valence-electron chi connectivity index (χ2n) is 4.17. The molecule has 0 saturated heterocycles. The molecule has 1 heterocycles. The quantitative estimate of drug-likeness (QED) is 0.628. The van der Waals surface area contributed by atoms with Crippen molar-refractivity contribution in [3.63, 3.8) is 0 Å². The van der Waals surface area contributed by atoms with Crippen LogP contribution in [0.5, 0.6) is 0 Å². The minimum atomic E-state index is -3.84. The highest BCUT2D eigenvalue weighted by Crippen LogP contribution is 2.32. The molecule has 0 fully saturated rings. The van der Waals surface area contributed by atoms with E-state index < -0.39 is 9.05 Å². The van der Waals surface area contributed by atoms with E-state index in [4.69, 9.17) is 15.1 Å². The number of furan rings is 1. The minimum absolute atomic E-state index is 0.0427. The molecule has 96 valence electrons. The van der Waals surface area contributed by atoms with E-state index in [0.29, 0.717) is 22.1 Å². The third kappa shape index (κ3) is 2.04. The lowest BCUT2D eigenvalue weighted by Gasteiger charge is -2.06. The van der Waals surface area contributed by atoms with Crippen molar-refractivity contribution in [1.29, 1.82) is 0 Å². The summed E-state index contributed by atoms with van der Waals surface area (Å²) in [7, 11) is 1.56. The first kappa shape index (κ1) is 13.1. The van der Waals surface area contributed by atoms with E-state index in [2.05, 4.69) is 0 Å². The van der Waals surface area contributed by atoms with Gasteiger partial charge >= 0.3 is 0 Å². The number of rotatable bonds is 2. The molecule has 0 aliphatic rings. The first-order chi connectivity index (χ1) is 8.21. The summed E-state index contributed by atoms with van der Waals surface area (Å²) in [4.78, 5) is 11.3. The van der Waals surface area contributed by atoms with Crippen LogP contribution < -0.4 is 0 Å². The standard InChI is InChI=1S/C12H11ClO4S/c1-6-4-9-5-10(8(3)14)17-11(9)7(2)12(6)18(13,15)16/h4-5H,1-3H3. The molecule has 2 rings (SSSR count). The smallest absolute Gasteiger partial charge is 0.261 e. The molecular formula is C12H11ClO4S. The van der Waals surface area contributed by atoms with Gasteiger partial charge in [0.25, 0.3) is 9.05 Å². The van der Waals surface area contributed by atoms with Gasteiger partial charge in [-0.2, -0.15) is 0 Å². The van der Waals surface area contributed by atoms with Crippen molar-refractivity contribution in [2.24, 2.45) is 0 Å². The molecule has 2 aromatic rings. The maximum absolute atomic E-state index is 11.5. The minimum Gasteiger partial charge on any atom is -0.453 e. The zero-order valence-corrected chi connectivity index (χ0v) is 11.6. The van der Waals surface area contributed by atoms with Crippen LogP contribution >= 0.6 is 10.7 Å². The number of Topliss-reactive ketones (excluding diaryl/α,β-unsaturated/α-hetero) is 1. The zero-order chi connectivity index (χ0) is 13.7. The number of fused-ring (bicyclic) bond motifs is 1. The average molecular weight is 287 g/mol. The fourth-order valence-electron chi connectivity index (χ4n) is 2.05. The van der Waals surface area contributed by atoms with E-state index in [1.165, 1.54) is 6.92 Å². The highest BCUT2D eigenvalue weighted by molar-refractivity contribution is 8.13. The van der Waals surface area contributed by atoms with Gasteiger partial charge in [-0.15, -0.1) is 0 Å². The summed E-state index contributed by atoms with van der Waals surface area (Å²) in [5, 5.41) is 0.694. The van der Waals surface area contributed by atoms with Gasteiger partial charge in [0.15, 0.2) is 11.5 Å². The monoisotopic (exact) mass is 286 g/mol. The fraction of sp³-hybridized carbons (Fsp3) is 0.250. The zero-order valence-electron chi connectivity index (χ0n) is 10.1. The molecule has 0 spiro atoms. The van der Waals surface area contributed by atoms with E-state index >= 15 is 0 Å². The van der Waals surface area contributed by atoms with Crippen molar-refractivity contribution in [3.8, 4) is 0 Å². The lowest BCUT2D eigenvalue weighted by Crippen LogP contribution is -1.98. The predicted octanol–water partition coefficient (Wildman–Crippen LogP) is 3.18. The van der Waals surface area contributed by atoms with E-state index in [9.17, 15) is 13.2 Å². The van der Waals surface area contributed by atoms with Crippen LogP contribution in [0.1, 0.15) is 28.6 Å². The number of benzene rings is 1. The van der Waals surface area contributed by atoms with Crippen LogP contribution in [0, 0.1) is 13.8 Å². The SMILES string of the molecule is CC(=O)c1cc2cc(C)c(S(=O)(=O)Cl)c(C)c2o1. The first-order valence-corrected chi connectivity index (χ1v) is 7.52. The summed E-state index contributed by atoms with van der Waals surface area (Å²) < 4.78 is 28.4. The summed E-state index contributed by atoms with van der Waals surface area (Å²) >= 11 is 0. The number of halogens is 1. The Morgan fingerprint density at radius 2 is 1.89 bits per heavy atom. The van der Waals surface area contributed by atoms with Gasteiger partial charge in [0.1, 0.15) is 5.58 Å². The highest BCUT2D eigenvalue weighted by Gasteiger charge is 2.21. The molecule has 6 heteroatoms. The molecule has 0 saturated carbocycles. The Labute approximate surface area is 109 Å². The van der Waals surface area contributed by atoms with Gasteiger partial charge in [-0.05, 0) is 31.5 Å². The van der Waals surface area contributed by atoms with Gasteiger partial charge in [0, 0.05) is 28.6 Å². The Morgan fingerprint density at radius 3 is 2.39 bits per heavy atom. The van der Waals surface area contributed by atoms with Gasteiger partial charge in [-0.3, -0.25) is 4.79 Å². The molecule has 0 aliphatic carbocycles. The molecule has 18 heavy (non-hydrogen) atoms. The molecule has 0 bridgehead atoms. The van der Waals surface area contributed by atoms with Crippen molar-refractivity contribution in [2.75, 3.05) is 0 Å². The Bertz CT molecular complexity index is 756. The molecule has 0 radical (unpaired) electrons. The van der Waals surface area contributed by atoms with Crippen LogP contribution in [0.2, 0.25) is 0 Å². The maximum atomic E-state index is 11.5. The average Bonchev–Trinajstić information content (AvgIpc) is 2.59. The normalized spacial score (nSPS) is 12.0. The Kier molecular flexibility index (Phi) is 2.99. The topological polar surface area (TPSA) is 64.3 Å². The van der Waals surface area contributed by atoms with Gasteiger partial charge in [0.2, 0.25) is 0 Å². The van der Waals surface area contributed by atoms with E-state index in [0.717, 1.165) is 0 Å². The Morgan fingerprint density at radius 1 is 1.28 bits per heavy atom. The summed E-state index contributed by atoms with van der Waals surface area (Å²) in [5.74, 6) is -0.00449. The summed E-state index contributed by atoms with van der Waals surface area (Å²) in [5.41, 5.74) is 1.34. The molecule has 0 N–H and O–H groups in total. The number of ketones is 1. The second-order valence-corrected chi connectivity index (χ2v) is 6.67. The second kappa shape index (κ2) is 4.10. The van der Waals surface area contributed by atoms with Crippen molar-refractivity contribution < 1.29 is 17.6 Å². The summed E-state index contributed by atoms with van der Waals surface area (Å²) in [6.07, 6.45) is 0. The molecular weight excluding hydrogens is 276 g/mol. The number of hydrogen-bond acceptors (Lipinski definition) is 4. The Hall–Kier alpha value is -1.33. The lowest BCUT2D eigenvalue weighted by atomic mass is 10.1. The van der Waals surface area contributed by atoms with E-state index in [1.807, 2.05) is 0 Å². The van der Waals surface area contributed by atoms with Gasteiger partial charge in [0.05, 0.1) is 4.90 Å². The number of carbonyl (C=O) groups is 1. The molecule has 0 unspecified atom stereocenters. The van der Waals surface area contributed by atoms with Crippen molar-refractivity contribution >= 4 is 36.5 Å². The molecule has 0 amide bonds. The molecule has 0 atom stereocenters. The van der Waals surface area contributed by atoms with Crippen molar-refractivity contribution in [3.05, 3.63) is 29.0 Å². The molecule has 0 aliphatic heterocycles. The van der Waals surface area contributed by atoms with Crippen LogP contribution in [-0.4, -0.2) is 14.2 Å². The third-order valence-corrected chi connectivity index (χ3v) is 4.34. The number of carbonyl (C=O) groups excluding carboxylic acids is 1. The van der Waals surface area contributed by atoms with E-state index in [-0.39, 0.29) is 16.4 Å². The third-order valence-electron chi connectivity index (χ3n) is 2.76. The lowest BCUT2D eigenvalue weighted by molar-refractivity contribution is 0.0989. The van der Waals surface area contributed by atoms with Crippen LogP contribution in [0.15, 0.2) is 21.4 Å². The molecule has 4 nitrogen and oxygen atoms in total. The summed E-state index contributed by atoms with van der Waals surface area (Å²) in [6.45, 7) is 4.65. The first-order valence-electron chi connectivity index (χ1n) is 5.21. The number of aryl methyl sites for hydroxylation is 2. The Balaban J connectivity index is 2.90. The number of hydrogen-bond donors (Lipinski definition) is 0. The molecule has 1 aromatic heterocycles. The predicted molar refractivity (Wildman–Crippen MR) is 68.7 cm³/mol. The fourth-order valence-corrected chi connectivity index (χ4v) is 3.67. The van der Waals surface area contributed by atoms with Crippen molar-refractivity contribution in [2.45, 2.75) is 25.7 Å². The van der Waals surface area contributed by atoms with Crippen LogP contribution in [-0.2, 0) is 9.05 Å². The van der Waals surface area contributed by atoms with Gasteiger partial charge < -0.3 is 4.42 Å². The van der Waals surface area contributed by atoms with Crippen LogP contribution in [0.3, 0.4) is 0 Å².